The van der Waals surface area contributed by atoms with Crippen LogP contribution in [0.4, 0.5) is 5.69 Å². The molecule has 0 radical (unpaired) electrons. The third-order valence-electron chi connectivity index (χ3n) is 3.38. The molecule has 0 saturated carbocycles. The van der Waals surface area contributed by atoms with Gasteiger partial charge in [-0.3, -0.25) is 5.43 Å². The van der Waals surface area contributed by atoms with Gasteiger partial charge in [0.2, 0.25) is 15.7 Å². The van der Waals surface area contributed by atoms with Gasteiger partial charge in [-0.05, 0) is 25.1 Å². The number of sulfonamides is 1. The van der Waals surface area contributed by atoms with Gasteiger partial charge < -0.3 is 9.47 Å². The highest BCUT2D eigenvalue weighted by atomic mass is 32.2. The van der Waals surface area contributed by atoms with E-state index in [1.54, 1.807) is 26.8 Å². The summed E-state index contributed by atoms with van der Waals surface area (Å²) in [5.74, 6) is -0.582. The second-order valence-electron chi connectivity index (χ2n) is 4.86. The number of ether oxygens (including phenoxy) is 2. The fourth-order valence-electron chi connectivity index (χ4n) is 2.08. The van der Waals surface area contributed by atoms with E-state index < -0.39 is 21.7 Å². The van der Waals surface area contributed by atoms with Gasteiger partial charge in [0.25, 0.3) is 0 Å². The molecule has 9 nitrogen and oxygen atoms in total. The second-order valence-corrected chi connectivity index (χ2v) is 6.79. The average molecular weight is 382 g/mol. The number of hydrazone groups is 1. The van der Waals surface area contributed by atoms with Gasteiger partial charge >= 0.3 is 5.97 Å². The summed E-state index contributed by atoms with van der Waals surface area (Å²) in [6, 6.07) is 5.83. The molecule has 0 spiro atoms. The van der Waals surface area contributed by atoms with Crippen molar-refractivity contribution in [3.63, 3.8) is 0 Å². The molecule has 0 fully saturated rings. The molecule has 0 saturated heterocycles. The molecule has 0 aliphatic carbocycles. The number of nitrogens with zero attached hydrogens (tertiary/aromatic N) is 3. The Morgan fingerprint density at radius 3 is 2.46 bits per heavy atom. The highest BCUT2D eigenvalue weighted by molar-refractivity contribution is 7.89. The second kappa shape index (κ2) is 9.74. The van der Waals surface area contributed by atoms with E-state index in [0.717, 1.165) is 0 Å². The Labute approximate surface area is 153 Å². The number of nitriles is 1. The first-order valence-corrected chi connectivity index (χ1v) is 9.38. The Morgan fingerprint density at radius 2 is 1.96 bits per heavy atom. The van der Waals surface area contributed by atoms with Crippen molar-refractivity contribution in [3.05, 3.63) is 18.2 Å². The number of benzene rings is 1. The highest BCUT2D eigenvalue weighted by Crippen LogP contribution is 2.29. The largest absolute Gasteiger partial charge is 0.495 e. The summed E-state index contributed by atoms with van der Waals surface area (Å²) in [7, 11) is -2.28. The number of rotatable bonds is 9. The average Bonchev–Trinajstić information content (AvgIpc) is 2.63. The van der Waals surface area contributed by atoms with Crippen LogP contribution in [0, 0.1) is 11.3 Å². The number of hydrogen-bond donors (Lipinski definition) is 1. The summed E-state index contributed by atoms with van der Waals surface area (Å²) in [5, 5.41) is 12.7. The fourth-order valence-corrected chi connectivity index (χ4v) is 3.56. The molecule has 1 aromatic carbocycles. The smallest absolute Gasteiger partial charge is 0.369 e. The van der Waals surface area contributed by atoms with E-state index in [1.165, 1.54) is 29.6 Å². The van der Waals surface area contributed by atoms with Crippen LogP contribution in [0.25, 0.3) is 0 Å². The van der Waals surface area contributed by atoms with Crippen LogP contribution >= 0.6 is 0 Å². The third-order valence-corrected chi connectivity index (χ3v) is 5.42. The van der Waals surface area contributed by atoms with Crippen molar-refractivity contribution >= 4 is 27.4 Å². The Bertz CT molecular complexity index is 810. The first kappa shape index (κ1) is 21.4. The maximum absolute atomic E-state index is 12.6. The molecule has 1 aromatic rings. The van der Waals surface area contributed by atoms with E-state index >= 15 is 0 Å². The lowest BCUT2D eigenvalue weighted by atomic mass is 10.3. The lowest BCUT2D eigenvalue weighted by Gasteiger charge is -2.19. The molecule has 0 atom stereocenters. The van der Waals surface area contributed by atoms with E-state index in [2.05, 4.69) is 10.5 Å². The molecule has 0 unspecified atom stereocenters. The first-order valence-electron chi connectivity index (χ1n) is 7.94. The van der Waals surface area contributed by atoms with Gasteiger partial charge in [-0.1, -0.05) is 13.8 Å². The van der Waals surface area contributed by atoms with Gasteiger partial charge in [0.05, 0.1) is 24.3 Å². The zero-order chi connectivity index (χ0) is 19.7. The zero-order valence-corrected chi connectivity index (χ0v) is 16.0. The number of carbonyl (C=O) groups is 1. The van der Waals surface area contributed by atoms with E-state index in [0.29, 0.717) is 18.8 Å². The van der Waals surface area contributed by atoms with Crippen molar-refractivity contribution in [2.75, 3.05) is 32.2 Å². The molecule has 0 aromatic heterocycles. The molecular formula is C16H22N4O5S. The SMILES string of the molecule is CCOC(=O)C(C#N)=NNc1cc(S(=O)(=O)N(CC)CC)ccc1OC. The summed E-state index contributed by atoms with van der Waals surface area (Å²) in [6.07, 6.45) is 0. The van der Waals surface area contributed by atoms with Gasteiger partial charge in [-0.25, -0.2) is 13.2 Å². The van der Waals surface area contributed by atoms with Crippen molar-refractivity contribution in [1.29, 1.82) is 5.26 Å². The monoisotopic (exact) mass is 382 g/mol. The van der Waals surface area contributed by atoms with Crippen LogP contribution < -0.4 is 10.2 Å². The summed E-state index contributed by atoms with van der Waals surface area (Å²) in [5.41, 5.74) is 2.20. The Morgan fingerprint density at radius 1 is 1.31 bits per heavy atom. The molecule has 142 valence electrons. The molecule has 0 heterocycles. The molecule has 1 N–H and O–H groups in total. The van der Waals surface area contributed by atoms with Crippen LogP contribution in [0.1, 0.15) is 20.8 Å². The van der Waals surface area contributed by atoms with Crippen LogP contribution in [0.3, 0.4) is 0 Å². The van der Waals surface area contributed by atoms with Gasteiger partial charge in [-0.15, -0.1) is 0 Å². The number of esters is 1. The number of anilines is 1. The summed E-state index contributed by atoms with van der Waals surface area (Å²) >= 11 is 0. The maximum Gasteiger partial charge on any atom is 0.369 e. The van der Waals surface area contributed by atoms with Crippen molar-refractivity contribution < 1.29 is 22.7 Å². The van der Waals surface area contributed by atoms with Gasteiger partial charge in [-0.2, -0.15) is 14.7 Å². The summed E-state index contributed by atoms with van der Waals surface area (Å²) < 4.78 is 36.4. The molecule has 0 aliphatic heterocycles. The molecular weight excluding hydrogens is 360 g/mol. The molecule has 26 heavy (non-hydrogen) atoms. The number of carbonyl (C=O) groups excluding carboxylic acids is 1. The number of nitrogens with one attached hydrogen (secondary N) is 1. The quantitative estimate of drug-likeness (QED) is 0.391. The highest BCUT2D eigenvalue weighted by Gasteiger charge is 2.23. The molecule has 0 bridgehead atoms. The van der Waals surface area contributed by atoms with Crippen LogP contribution in [0.2, 0.25) is 0 Å². The van der Waals surface area contributed by atoms with Crippen LogP contribution in [-0.4, -0.2) is 51.2 Å². The summed E-state index contributed by atoms with van der Waals surface area (Å²) in [6.45, 7) is 5.84. The Hall–Kier alpha value is -2.64. The van der Waals surface area contributed by atoms with Crippen LogP contribution in [-0.2, 0) is 19.6 Å². The van der Waals surface area contributed by atoms with Crippen LogP contribution in [0.5, 0.6) is 5.75 Å². The van der Waals surface area contributed by atoms with Crippen molar-refractivity contribution in [2.45, 2.75) is 25.7 Å². The van der Waals surface area contributed by atoms with Crippen molar-refractivity contribution in [2.24, 2.45) is 5.10 Å². The van der Waals surface area contributed by atoms with Crippen molar-refractivity contribution in [3.8, 4) is 11.8 Å². The van der Waals surface area contributed by atoms with E-state index in [1.807, 2.05) is 0 Å². The lowest BCUT2D eigenvalue weighted by Crippen LogP contribution is -2.30. The Kier molecular flexibility index (Phi) is 8.02. The number of methoxy groups -OCH3 is 1. The predicted octanol–water partition coefficient (Wildman–Crippen LogP) is 1.58. The minimum Gasteiger partial charge on any atom is -0.495 e. The van der Waals surface area contributed by atoms with Crippen LogP contribution in [0.15, 0.2) is 28.2 Å². The number of hydrogen-bond acceptors (Lipinski definition) is 8. The predicted molar refractivity (Wildman–Crippen MR) is 96.4 cm³/mol. The van der Waals surface area contributed by atoms with E-state index in [9.17, 15) is 13.2 Å². The zero-order valence-electron chi connectivity index (χ0n) is 15.1. The van der Waals surface area contributed by atoms with E-state index in [-0.39, 0.29) is 17.2 Å². The molecule has 1 rings (SSSR count). The minimum atomic E-state index is -3.69. The topological polar surface area (TPSA) is 121 Å². The van der Waals surface area contributed by atoms with Crippen molar-refractivity contribution in [1.82, 2.24) is 4.31 Å². The van der Waals surface area contributed by atoms with Gasteiger partial charge in [0, 0.05) is 13.1 Å². The fraction of sp³-hybridized carbons (Fsp3) is 0.438. The Balaban J connectivity index is 3.27. The molecule has 10 heteroatoms. The van der Waals surface area contributed by atoms with E-state index in [4.69, 9.17) is 14.7 Å². The summed E-state index contributed by atoms with van der Waals surface area (Å²) in [4.78, 5) is 11.6. The first-order chi connectivity index (χ1) is 12.3. The lowest BCUT2D eigenvalue weighted by molar-refractivity contribution is -0.134. The van der Waals surface area contributed by atoms with Gasteiger partial charge in [0.15, 0.2) is 0 Å². The minimum absolute atomic E-state index is 0.0364. The maximum atomic E-state index is 12.6. The molecule has 0 aliphatic rings. The van der Waals surface area contributed by atoms with Gasteiger partial charge in [0.1, 0.15) is 11.8 Å². The standard InChI is InChI=1S/C16H22N4O5S/c1-5-20(6-2)26(22,23)12-8-9-15(24-4)13(10-12)18-19-14(11-17)16(21)25-7-3/h8-10,18H,5-7H2,1-4H3. The third kappa shape index (κ3) is 4.93. The molecule has 0 amide bonds. The normalized spacial score (nSPS) is 11.8.